The molecule has 0 saturated heterocycles. The van der Waals surface area contributed by atoms with Crippen molar-refractivity contribution in [1.29, 1.82) is 0 Å². The fraction of sp³-hybridized carbons (Fsp3) is 0.136. The van der Waals surface area contributed by atoms with Gasteiger partial charge >= 0.3 is 0 Å². The van der Waals surface area contributed by atoms with E-state index >= 15 is 0 Å². The molecule has 146 valence electrons. The van der Waals surface area contributed by atoms with Gasteiger partial charge in [0.25, 0.3) is 5.56 Å². The molecule has 6 nitrogen and oxygen atoms in total. The molecule has 2 heterocycles. The molecule has 0 spiro atoms. The van der Waals surface area contributed by atoms with Crippen molar-refractivity contribution in [3.8, 4) is 5.69 Å². The summed E-state index contributed by atoms with van der Waals surface area (Å²) in [6, 6.07) is 16.8. The van der Waals surface area contributed by atoms with E-state index in [0.717, 1.165) is 12.2 Å². The maximum atomic E-state index is 13.3. The molecule has 0 aliphatic rings. The fourth-order valence-electron chi connectivity index (χ4n) is 3.15. The number of fused-ring (bicyclic) bond motifs is 1. The Morgan fingerprint density at radius 1 is 1.10 bits per heavy atom. The largest absolute Gasteiger partial charge is 0.325 e. The number of hydrogen-bond acceptors (Lipinski definition) is 5. The molecular formula is C22H20ClN5O. The summed E-state index contributed by atoms with van der Waals surface area (Å²) in [6.07, 6.45) is 3.29. The summed E-state index contributed by atoms with van der Waals surface area (Å²) >= 11 is 6.10. The molecule has 29 heavy (non-hydrogen) atoms. The molecular weight excluding hydrogens is 386 g/mol. The van der Waals surface area contributed by atoms with Crippen molar-refractivity contribution in [1.82, 2.24) is 19.4 Å². The third-order valence-electron chi connectivity index (χ3n) is 4.44. The second kappa shape index (κ2) is 8.03. The summed E-state index contributed by atoms with van der Waals surface area (Å²) < 4.78 is 1.51. The van der Waals surface area contributed by atoms with Crippen LogP contribution in [-0.4, -0.2) is 33.5 Å². The van der Waals surface area contributed by atoms with Crippen LogP contribution in [0.1, 0.15) is 5.56 Å². The zero-order valence-corrected chi connectivity index (χ0v) is 16.9. The van der Waals surface area contributed by atoms with Gasteiger partial charge in [-0.15, -0.1) is 0 Å². The molecule has 0 atom stereocenters. The lowest BCUT2D eigenvalue weighted by atomic mass is 10.2. The zero-order valence-electron chi connectivity index (χ0n) is 16.1. The first-order valence-corrected chi connectivity index (χ1v) is 9.52. The Bertz CT molecular complexity index is 1200. The molecule has 4 rings (SSSR count). The molecule has 4 aromatic rings. The van der Waals surface area contributed by atoms with E-state index in [9.17, 15) is 4.79 Å². The van der Waals surface area contributed by atoms with E-state index in [1.165, 1.54) is 10.1 Å². The summed E-state index contributed by atoms with van der Waals surface area (Å²) in [7, 11) is 4.06. The first kappa shape index (κ1) is 19.1. The van der Waals surface area contributed by atoms with Crippen LogP contribution in [0, 0.1) is 0 Å². The Hall–Kier alpha value is -3.22. The van der Waals surface area contributed by atoms with Crippen LogP contribution in [0.15, 0.2) is 71.8 Å². The van der Waals surface area contributed by atoms with Gasteiger partial charge in [0, 0.05) is 23.5 Å². The Morgan fingerprint density at radius 3 is 2.59 bits per heavy atom. The first-order valence-electron chi connectivity index (χ1n) is 9.15. The lowest BCUT2D eigenvalue weighted by Crippen LogP contribution is -2.23. The number of nitrogens with zero attached hydrogens (tertiary/aromatic N) is 4. The van der Waals surface area contributed by atoms with Crippen molar-refractivity contribution in [3.05, 3.63) is 87.9 Å². The highest BCUT2D eigenvalue weighted by molar-refractivity contribution is 6.31. The van der Waals surface area contributed by atoms with Crippen LogP contribution < -0.4 is 10.9 Å². The Balaban J connectivity index is 1.82. The number of nitrogens with one attached hydrogen (secondary N) is 1. The molecule has 2 aromatic heterocycles. The van der Waals surface area contributed by atoms with Gasteiger partial charge in [0.05, 0.1) is 22.8 Å². The molecule has 0 unspecified atom stereocenters. The van der Waals surface area contributed by atoms with E-state index in [4.69, 9.17) is 11.6 Å². The summed E-state index contributed by atoms with van der Waals surface area (Å²) in [5.41, 5.74) is 3.03. The van der Waals surface area contributed by atoms with E-state index in [1.807, 2.05) is 32.3 Å². The normalized spacial score (nSPS) is 11.2. The van der Waals surface area contributed by atoms with E-state index in [-0.39, 0.29) is 5.56 Å². The zero-order chi connectivity index (χ0) is 20.4. The third-order valence-corrected chi connectivity index (χ3v) is 4.68. The van der Waals surface area contributed by atoms with Gasteiger partial charge in [-0.25, -0.2) is 9.55 Å². The van der Waals surface area contributed by atoms with Crippen molar-refractivity contribution in [2.24, 2.45) is 0 Å². The highest BCUT2D eigenvalue weighted by Crippen LogP contribution is 2.22. The van der Waals surface area contributed by atoms with Crippen LogP contribution in [0.25, 0.3) is 16.6 Å². The van der Waals surface area contributed by atoms with E-state index in [2.05, 4.69) is 32.3 Å². The molecule has 0 aliphatic carbocycles. The number of anilines is 2. The predicted molar refractivity (Wildman–Crippen MR) is 117 cm³/mol. The second-order valence-electron chi connectivity index (χ2n) is 7.01. The van der Waals surface area contributed by atoms with Crippen molar-refractivity contribution in [2.75, 3.05) is 19.4 Å². The molecule has 1 N–H and O–H groups in total. The predicted octanol–water partition coefficient (Wildman–Crippen LogP) is 4.24. The number of pyridine rings is 1. The Morgan fingerprint density at radius 2 is 1.90 bits per heavy atom. The molecule has 7 heteroatoms. The van der Waals surface area contributed by atoms with E-state index < -0.39 is 0 Å². The topological polar surface area (TPSA) is 63.1 Å². The fourth-order valence-corrected chi connectivity index (χ4v) is 3.33. The molecule has 0 amide bonds. The molecule has 2 aromatic carbocycles. The molecule has 0 bridgehead atoms. The lowest BCUT2D eigenvalue weighted by molar-refractivity contribution is 0.402. The standard InChI is InChI=1S/C22H20ClN5O/c1-27(2)14-15-5-8-17(9-6-15)25-22-26-20-10-7-16(23)12-19(20)21(29)28(22)18-4-3-11-24-13-18/h3-13H,14H2,1-2H3,(H,25,26). The van der Waals surface area contributed by atoms with Crippen LogP contribution >= 0.6 is 11.6 Å². The van der Waals surface area contributed by atoms with Crippen molar-refractivity contribution in [3.63, 3.8) is 0 Å². The summed E-state index contributed by atoms with van der Waals surface area (Å²) in [4.78, 5) is 24.2. The van der Waals surface area contributed by atoms with Crippen LogP contribution in [0.4, 0.5) is 11.6 Å². The molecule has 0 fully saturated rings. The molecule has 0 aliphatic heterocycles. The second-order valence-corrected chi connectivity index (χ2v) is 7.44. The van der Waals surface area contributed by atoms with Gasteiger partial charge in [0.15, 0.2) is 0 Å². The summed E-state index contributed by atoms with van der Waals surface area (Å²) in [5.74, 6) is 0.415. The lowest BCUT2D eigenvalue weighted by Gasteiger charge is -2.15. The van der Waals surface area contributed by atoms with Crippen LogP contribution in [0.3, 0.4) is 0 Å². The summed E-state index contributed by atoms with van der Waals surface area (Å²) in [6.45, 7) is 0.857. The van der Waals surface area contributed by atoms with Gasteiger partial charge < -0.3 is 10.2 Å². The average molecular weight is 406 g/mol. The SMILES string of the molecule is CN(C)Cc1ccc(Nc2nc3ccc(Cl)cc3c(=O)n2-c2cccnc2)cc1. The number of rotatable bonds is 5. The molecule has 0 saturated carbocycles. The first-order chi connectivity index (χ1) is 14.0. The van der Waals surface area contributed by atoms with Crippen molar-refractivity contribution < 1.29 is 0 Å². The van der Waals surface area contributed by atoms with Crippen LogP contribution in [0.2, 0.25) is 5.02 Å². The molecule has 0 radical (unpaired) electrons. The highest BCUT2D eigenvalue weighted by Gasteiger charge is 2.14. The van der Waals surface area contributed by atoms with Gasteiger partial charge in [0.1, 0.15) is 0 Å². The minimum absolute atomic E-state index is 0.211. The number of halogens is 1. The minimum atomic E-state index is -0.211. The van der Waals surface area contributed by atoms with Gasteiger partial charge in [-0.2, -0.15) is 0 Å². The highest BCUT2D eigenvalue weighted by atomic mass is 35.5. The average Bonchev–Trinajstić information content (AvgIpc) is 2.71. The minimum Gasteiger partial charge on any atom is -0.325 e. The van der Waals surface area contributed by atoms with Crippen molar-refractivity contribution >= 4 is 34.1 Å². The number of benzene rings is 2. The third kappa shape index (κ3) is 4.13. The maximum absolute atomic E-state index is 13.3. The van der Waals surface area contributed by atoms with E-state index in [0.29, 0.717) is 27.6 Å². The van der Waals surface area contributed by atoms with Gasteiger partial charge in [0.2, 0.25) is 5.95 Å². The monoisotopic (exact) mass is 405 g/mol. The van der Waals surface area contributed by atoms with Crippen molar-refractivity contribution in [2.45, 2.75) is 6.54 Å². The van der Waals surface area contributed by atoms with Crippen LogP contribution in [0.5, 0.6) is 0 Å². The summed E-state index contributed by atoms with van der Waals surface area (Å²) in [5, 5.41) is 4.22. The van der Waals surface area contributed by atoms with Gasteiger partial charge in [-0.05, 0) is 62.1 Å². The maximum Gasteiger partial charge on any atom is 0.267 e. The number of aromatic nitrogens is 3. The number of hydrogen-bond donors (Lipinski definition) is 1. The van der Waals surface area contributed by atoms with Gasteiger partial charge in [-0.3, -0.25) is 9.78 Å². The van der Waals surface area contributed by atoms with Gasteiger partial charge in [-0.1, -0.05) is 23.7 Å². The Kier molecular flexibility index (Phi) is 5.29. The van der Waals surface area contributed by atoms with E-state index in [1.54, 1.807) is 36.7 Å². The smallest absolute Gasteiger partial charge is 0.267 e. The quantitative estimate of drug-likeness (QED) is 0.538. The Labute approximate surface area is 173 Å². The van der Waals surface area contributed by atoms with Crippen LogP contribution in [-0.2, 0) is 6.54 Å².